The molecule has 1 atom stereocenters. The third-order valence-electron chi connectivity index (χ3n) is 1.34. The van der Waals surface area contributed by atoms with E-state index in [2.05, 4.69) is 4.72 Å². The van der Waals surface area contributed by atoms with Crippen LogP contribution < -0.4 is 4.72 Å². The van der Waals surface area contributed by atoms with Crippen LogP contribution in [0.5, 0.6) is 5.75 Å². The van der Waals surface area contributed by atoms with Crippen molar-refractivity contribution in [2.75, 3.05) is 0 Å². The van der Waals surface area contributed by atoms with Crippen molar-refractivity contribution in [3.63, 3.8) is 0 Å². The van der Waals surface area contributed by atoms with Crippen LogP contribution in [0.25, 0.3) is 0 Å². The summed E-state index contributed by atoms with van der Waals surface area (Å²) in [7, 11) is 0. The SMILES string of the molecule is O=S(O)NCc1ccc(O)cc1. The van der Waals surface area contributed by atoms with Gasteiger partial charge >= 0.3 is 0 Å². The van der Waals surface area contributed by atoms with Crippen molar-refractivity contribution in [2.24, 2.45) is 0 Å². The summed E-state index contributed by atoms with van der Waals surface area (Å²) in [6.07, 6.45) is 0. The molecule has 0 fully saturated rings. The van der Waals surface area contributed by atoms with E-state index in [9.17, 15) is 4.21 Å². The molecule has 1 aromatic carbocycles. The zero-order valence-corrected chi connectivity index (χ0v) is 7.04. The molecule has 0 heterocycles. The minimum Gasteiger partial charge on any atom is -0.508 e. The van der Waals surface area contributed by atoms with E-state index in [1.54, 1.807) is 12.1 Å². The van der Waals surface area contributed by atoms with Gasteiger partial charge in [0.25, 0.3) is 0 Å². The van der Waals surface area contributed by atoms with Crippen molar-refractivity contribution in [3.8, 4) is 5.75 Å². The van der Waals surface area contributed by atoms with Gasteiger partial charge < -0.3 is 5.11 Å². The summed E-state index contributed by atoms with van der Waals surface area (Å²) in [5.41, 5.74) is 0.843. The fourth-order valence-corrected chi connectivity index (χ4v) is 1.05. The summed E-state index contributed by atoms with van der Waals surface area (Å²) in [6.45, 7) is 0.309. The Morgan fingerprint density at radius 1 is 1.33 bits per heavy atom. The van der Waals surface area contributed by atoms with Crippen LogP contribution in [-0.4, -0.2) is 13.9 Å². The van der Waals surface area contributed by atoms with Crippen molar-refractivity contribution in [1.82, 2.24) is 4.72 Å². The van der Waals surface area contributed by atoms with Gasteiger partial charge in [-0.2, -0.15) is 0 Å². The molecule has 0 aliphatic carbocycles. The van der Waals surface area contributed by atoms with Crippen LogP contribution in [0.3, 0.4) is 0 Å². The molecule has 1 unspecified atom stereocenters. The van der Waals surface area contributed by atoms with E-state index in [-0.39, 0.29) is 5.75 Å². The van der Waals surface area contributed by atoms with Crippen molar-refractivity contribution in [1.29, 1.82) is 0 Å². The Bertz CT molecular complexity index is 272. The molecule has 0 spiro atoms. The summed E-state index contributed by atoms with van der Waals surface area (Å²) in [4.78, 5) is 0. The average molecular weight is 187 g/mol. The van der Waals surface area contributed by atoms with Gasteiger partial charge in [-0.25, -0.2) is 8.93 Å². The van der Waals surface area contributed by atoms with Crippen LogP contribution in [0.15, 0.2) is 24.3 Å². The van der Waals surface area contributed by atoms with E-state index < -0.39 is 11.3 Å². The summed E-state index contributed by atoms with van der Waals surface area (Å²) in [6, 6.07) is 6.40. The summed E-state index contributed by atoms with van der Waals surface area (Å²) in [5.74, 6) is 0.184. The molecule has 1 rings (SSSR count). The standard InChI is InChI=1S/C7H9NO3S/c9-7-3-1-6(2-4-7)5-8-12(10)11/h1-4,8-9H,5H2,(H,10,11). The highest BCUT2D eigenvalue weighted by Gasteiger charge is 1.94. The predicted molar refractivity (Wildman–Crippen MR) is 45.7 cm³/mol. The molecule has 5 heteroatoms. The van der Waals surface area contributed by atoms with Crippen LogP contribution in [-0.2, 0) is 17.8 Å². The van der Waals surface area contributed by atoms with E-state index >= 15 is 0 Å². The van der Waals surface area contributed by atoms with Crippen molar-refractivity contribution < 1.29 is 13.9 Å². The molecule has 12 heavy (non-hydrogen) atoms. The Balaban J connectivity index is 2.53. The zero-order chi connectivity index (χ0) is 8.97. The number of rotatable bonds is 3. The lowest BCUT2D eigenvalue weighted by Crippen LogP contribution is -2.14. The zero-order valence-electron chi connectivity index (χ0n) is 6.23. The molecule has 1 aromatic rings. The summed E-state index contributed by atoms with van der Waals surface area (Å²) >= 11 is -1.98. The topological polar surface area (TPSA) is 69.6 Å². The van der Waals surface area contributed by atoms with E-state index in [4.69, 9.17) is 9.66 Å². The number of aromatic hydroxyl groups is 1. The largest absolute Gasteiger partial charge is 0.508 e. The first-order chi connectivity index (χ1) is 5.68. The molecule has 3 N–H and O–H groups in total. The van der Waals surface area contributed by atoms with Gasteiger partial charge in [0.2, 0.25) is 11.3 Å². The molecule has 4 nitrogen and oxygen atoms in total. The second-order valence-corrected chi connectivity index (χ2v) is 3.02. The highest BCUT2D eigenvalue weighted by atomic mass is 32.2. The molecule has 0 bridgehead atoms. The van der Waals surface area contributed by atoms with Gasteiger partial charge in [0, 0.05) is 6.54 Å². The van der Waals surface area contributed by atoms with Gasteiger partial charge in [0.05, 0.1) is 0 Å². The quantitative estimate of drug-likeness (QED) is 0.607. The van der Waals surface area contributed by atoms with E-state index in [1.807, 2.05) is 0 Å². The molecular formula is C7H9NO3S. The Labute approximate surface area is 72.7 Å². The summed E-state index contributed by atoms with van der Waals surface area (Å²) < 4.78 is 20.9. The van der Waals surface area contributed by atoms with E-state index in [0.717, 1.165) is 5.56 Å². The highest BCUT2D eigenvalue weighted by molar-refractivity contribution is 7.77. The second kappa shape index (κ2) is 4.20. The van der Waals surface area contributed by atoms with Crippen LogP contribution in [0, 0.1) is 0 Å². The number of phenols is 1. The van der Waals surface area contributed by atoms with E-state index in [1.165, 1.54) is 12.1 Å². The number of phenolic OH excluding ortho intramolecular Hbond substituents is 1. The van der Waals surface area contributed by atoms with Gasteiger partial charge in [-0.15, -0.1) is 0 Å². The molecule has 0 radical (unpaired) electrons. The number of nitrogens with one attached hydrogen (secondary N) is 1. The van der Waals surface area contributed by atoms with Gasteiger partial charge in [0.15, 0.2) is 0 Å². The molecule has 0 saturated heterocycles. The lowest BCUT2D eigenvalue weighted by molar-refractivity contribution is 0.475. The lowest BCUT2D eigenvalue weighted by Gasteiger charge is -1.99. The monoisotopic (exact) mass is 187 g/mol. The lowest BCUT2D eigenvalue weighted by atomic mass is 10.2. The highest BCUT2D eigenvalue weighted by Crippen LogP contribution is 2.08. The molecule has 0 aromatic heterocycles. The first-order valence-corrected chi connectivity index (χ1v) is 4.41. The summed E-state index contributed by atoms with van der Waals surface area (Å²) in [5, 5.41) is 8.90. The maximum absolute atomic E-state index is 10.2. The maximum Gasteiger partial charge on any atom is 0.232 e. The molecule has 0 aliphatic heterocycles. The van der Waals surface area contributed by atoms with Gasteiger partial charge in [-0.05, 0) is 17.7 Å². The van der Waals surface area contributed by atoms with Gasteiger partial charge in [-0.1, -0.05) is 12.1 Å². The first kappa shape index (κ1) is 9.18. The third-order valence-corrected chi connectivity index (χ3v) is 1.73. The minimum absolute atomic E-state index is 0.184. The Kier molecular flexibility index (Phi) is 3.21. The van der Waals surface area contributed by atoms with Gasteiger partial charge in [0.1, 0.15) is 5.75 Å². The molecule has 66 valence electrons. The molecular weight excluding hydrogens is 178 g/mol. The fourth-order valence-electron chi connectivity index (χ4n) is 0.759. The number of hydrogen-bond donors (Lipinski definition) is 3. The van der Waals surface area contributed by atoms with E-state index in [0.29, 0.717) is 6.54 Å². The third kappa shape index (κ3) is 3.00. The molecule has 0 aliphatic rings. The maximum atomic E-state index is 10.2. The Morgan fingerprint density at radius 3 is 2.42 bits per heavy atom. The fraction of sp³-hybridized carbons (Fsp3) is 0.143. The van der Waals surface area contributed by atoms with Crippen molar-refractivity contribution in [3.05, 3.63) is 29.8 Å². The second-order valence-electron chi connectivity index (χ2n) is 2.24. The predicted octanol–water partition coefficient (Wildman–Crippen LogP) is 0.619. The first-order valence-electron chi connectivity index (χ1n) is 3.31. The number of hydrogen-bond acceptors (Lipinski definition) is 2. The van der Waals surface area contributed by atoms with Crippen LogP contribution >= 0.6 is 0 Å². The minimum atomic E-state index is -1.98. The van der Waals surface area contributed by atoms with Crippen molar-refractivity contribution in [2.45, 2.75) is 6.54 Å². The average Bonchev–Trinajstić information content (AvgIpc) is 2.03. The normalized spacial score (nSPS) is 12.8. The smallest absolute Gasteiger partial charge is 0.232 e. The van der Waals surface area contributed by atoms with Crippen LogP contribution in [0.1, 0.15) is 5.56 Å². The molecule has 0 amide bonds. The Morgan fingerprint density at radius 2 is 1.92 bits per heavy atom. The van der Waals surface area contributed by atoms with Gasteiger partial charge in [-0.3, -0.25) is 4.55 Å². The molecule has 0 saturated carbocycles. The number of benzene rings is 1. The van der Waals surface area contributed by atoms with Crippen LogP contribution in [0.4, 0.5) is 0 Å². The Hall–Kier alpha value is -0.910. The van der Waals surface area contributed by atoms with Crippen LogP contribution in [0.2, 0.25) is 0 Å². The van der Waals surface area contributed by atoms with Crippen molar-refractivity contribution >= 4 is 11.3 Å².